The molecule has 2 aromatic rings. The topological polar surface area (TPSA) is 84.2 Å². The highest BCUT2D eigenvalue weighted by molar-refractivity contribution is 6.01. The molecule has 0 saturated heterocycles. The predicted octanol–water partition coefficient (Wildman–Crippen LogP) is 3.46. The van der Waals surface area contributed by atoms with Crippen molar-refractivity contribution in [2.45, 2.75) is 6.92 Å². The maximum atomic E-state index is 12.0. The summed E-state index contributed by atoms with van der Waals surface area (Å²) in [7, 11) is 0. The monoisotopic (exact) mass is 295 g/mol. The van der Waals surface area contributed by atoms with E-state index < -0.39 is 6.03 Å². The van der Waals surface area contributed by atoms with Gasteiger partial charge in [0.25, 0.3) is 0 Å². The number of anilines is 2. The van der Waals surface area contributed by atoms with Gasteiger partial charge in [-0.1, -0.05) is 30.8 Å². The van der Waals surface area contributed by atoms with Crippen LogP contribution in [0.3, 0.4) is 0 Å². The highest BCUT2D eigenvalue weighted by Crippen LogP contribution is 2.15. The summed E-state index contributed by atoms with van der Waals surface area (Å²) in [6.07, 6.45) is 0. The molecule has 112 valence electrons. The van der Waals surface area contributed by atoms with E-state index in [0.29, 0.717) is 22.6 Å². The third-order valence-electron chi connectivity index (χ3n) is 3.02. The van der Waals surface area contributed by atoms with Gasteiger partial charge in [-0.05, 0) is 36.8 Å². The summed E-state index contributed by atoms with van der Waals surface area (Å²) >= 11 is 0. The van der Waals surface area contributed by atoms with Crippen LogP contribution in [0, 0.1) is 0 Å². The lowest BCUT2D eigenvalue weighted by Gasteiger charge is -2.09. The number of carbonyl (C=O) groups excluding carboxylic acids is 2. The van der Waals surface area contributed by atoms with Crippen LogP contribution in [0.4, 0.5) is 16.2 Å². The van der Waals surface area contributed by atoms with E-state index in [-0.39, 0.29) is 5.78 Å². The minimum Gasteiger partial charge on any atom is -0.399 e. The van der Waals surface area contributed by atoms with Crippen LogP contribution in [0.25, 0.3) is 5.70 Å². The van der Waals surface area contributed by atoms with Crippen LogP contribution >= 0.6 is 0 Å². The van der Waals surface area contributed by atoms with Crippen molar-refractivity contribution in [2.24, 2.45) is 5.73 Å². The molecule has 0 saturated carbocycles. The van der Waals surface area contributed by atoms with E-state index >= 15 is 0 Å². The number of urea groups is 1. The summed E-state index contributed by atoms with van der Waals surface area (Å²) < 4.78 is 0. The third-order valence-corrected chi connectivity index (χ3v) is 3.02. The summed E-state index contributed by atoms with van der Waals surface area (Å²) in [4.78, 5) is 23.3. The van der Waals surface area contributed by atoms with Crippen molar-refractivity contribution < 1.29 is 9.59 Å². The molecule has 0 radical (unpaired) electrons. The first-order valence-corrected chi connectivity index (χ1v) is 6.69. The molecule has 0 spiro atoms. The molecule has 22 heavy (non-hydrogen) atoms. The molecule has 5 heteroatoms. The van der Waals surface area contributed by atoms with E-state index in [1.165, 1.54) is 6.92 Å². The van der Waals surface area contributed by atoms with E-state index in [2.05, 4.69) is 17.2 Å². The standard InChI is InChI=1S/C17H17N3O2/c1-11(18)13-5-3-7-15(9-13)19-17(22)20-16-8-4-6-14(10-16)12(2)21/h3-10H,1,18H2,2H3,(H2,19,20,22). The number of nitrogens with one attached hydrogen (secondary N) is 2. The fraction of sp³-hybridized carbons (Fsp3) is 0.0588. The van der Waals surface area contributed by atoms with E-state index in [4.69, 9.17) is 5.73 Å². The smallest absolute Gasteiger partial charge is 0.323 e. The minimum absolute atomic E-state index is 0.0572. The largest absolute Gasteiger partial charge is 0.399 e. The number of ketones is 1. The van der Waals surface area contributed by atoms with Crippen LogP contribution in [0.15, 0.2) is 55.1 Å². The minimum atomic E-state index is -0.402. The average Bonchev–Trinajstić information content (AvgIpc) is 2.47. The maximum Gasteiger partial charge on any atom is 0.323 e. The van der Waals surface area contributed by atoms with Crippen molar-refractivity contribution in [2.75, 3.05) is 10.6 Å². The summed E-state index contributed by atoms with van der Waals surface area (Å²) in [6.45, 7) is 5.13. The molecule has 0 aliphatic rings. The van der Waals surface area contributed by atoms with Crippen molar-refractivity contribution >= 4 is 28.9 Å². The molecule has 2 rings (SSSR count). The predicted molar refractivity (Wildman–Crippen MR) is 88.8 cm³/mol. The Bertz CT molecular complexity index is 677. The van der Waals surface area contributed by atoms with Crippen molar-refractivity contribution in [3.63, 3.8) is 0 Å². The number of rotatable bonds is 4. The zero-order chi connectivity index (χ0) is 16.1. The zero-order valence-corrected chi connectivity index (χ0v) is 12.2. The Balaban J connectivity index is 2.07. The lowest BCUT2D eigenvalue weighted by Crippen LogP contribution is -2.19. The molecule has 4 N–H and O–H groups in total. The van der Waals surface area contributed by atoms with Gasteiger partial charge in [-0.15, -0.1) is 0 Å². The highest BCUT2D eigenvalue weighted by Gasteiger charge is 2.06. The molecule has 0 aliphatic heterocycles. The van der Waals surface area contributed by atoms with Gasteiger partial charge in [0.1, 0.15) is 0 Å². The van der Waals surface area contributed by atoms with Gasteiger partial charge < -0.3 is 16.4 Å². The first-order valence-electron chi connectivity index (χ1n) is 6.69. The fourth-order valence-electron chi connectivity index (χ4n) is 1.91. The first-order chi connectivity index (χ1) is 10.5. The number of hydrogen-bond donors (Lipinski definition) is 3. The second kappa shape index (κ2) is 6.58. The van der Waals surface area contributed by atoms with Crippen molar-refractivity contribution in [3.05, 3.63) is 66.2 Å². The van der Waals surface area contributed by atoms with Crippen LogP contribution in [-0.4, -0.2) is 11.8 Å². The highest BCUT2D eigenvalue weighted by atomic mass is 16.2. The summed E-state index contributed by atoms with van der Waals surface area (Å²) in [5.74, 6) is -0.0572. The second-order valence-electron chi connectivity index (χ2n) is 4.82. The molecule has 0 fully saturated rings. The first kappa shape index (κ1) is 15.3. The number of nitrogens with two attached hydrogens (primary N) is 1. The maximum absolute atomic E-state index is 12.0. The molecular weight excluding hydrogens is 278 g/mol. The van der Waals surface area contributed by atoms with Gasteiger partial charge in [0.2, 0.25) is 0 Å². The summed E-state index contributed by atoms with van der Waals surface area (Å²) in [5, 5.41) is 5.38. The van der Waals surface area contributed by atoms with Crippen molar-refractivity contribution in [1.82, 2.24) is 0 Å². The Hall–Kier alpha value is -3.08. The van der Waals surface area contributed by atoms with E-state index in [1.54, 1.807) is 42.5 Å². The Morgan fingerprint density at radius 1 is 0.955 bits per heavy atom. The normalized spacial score (nSPS) is 9.86. The zero-order valence-electron chi connectivity index (χ0n) is 12.2. The quantitative estimate of drug-likeness (QED) is 0.755. The number of Topliss-reactive ketones (excluding diaryl/α,β-unsaturated/α-hetero) is 1. The molecule has 2 amide bonds. The van der Waals surface area contributed by atoms with Gasteiger partial charge in [-0.3, -0.25) is 4.79 Å². The molecular formula is C17H17N3O2. The van der Waals surface area contributed by atoms with Gasteiger partial charge in [0.05, 0.1) is 0 Å². The van der Waals surface area contributed by atoms with Crippen LogP contribution in [0.1, 0.15) is 22.8 Å². The molecule has 0 unspecified atom stereocenters. The van der Waals surface area contributed by atoms with Gasteiger partial charge in [-0.2, -0.15) is 0 Å². The number of carbonyl (C=O) groups is 2. The number of hydrogen-bond acceptors (Lipinski definition) is 3. The van der Waals surface area contributed by atoms with E-state index in [0.717, 1.165) is 5.56 Å². The molecule has 0 bridgehead atoms. The molecule has 0 aromatic heterocycles. The molecule has 5 nitrogen and oxygen atoms in total. The van der Waals surface area contributed by atoms with E-state index in [9.17, 15) is 9.59 Å². The van der Waals surface area contributed by atoms with Gasteiger partial charge >= 0.3 is 6.03 Å². The van der Waals surface area contributed by atoms with Crippen LogP contribution < -0.4 is 16.4 Å². The van der Waals surface area contributed by atoms with Gasteiger partial charge in [0.15, 0.2) is 5.78 Å². The second-order valence-corrected chi connectivity index (χ2v) is 4.82. The van der Waals surface area contributed by atoms with Gasteiger partial charge in [-0.25, -0.2) is 4.79 Å². The third kappa shape index (κ3) is 3.96. The lowest BCUT2D eigenvalue weighted by molar-refractivity contribution is 0.101. The van der Waals surface area contributed by atoms with Crippen molar-refractivity contribution in [1.29, 1.82) is 0 Å². The lowest BCUT2D eigenvalue weighted by atomic mass is 10.1. The van der Waals surface area contributed by atoms with E-state index in [1.807, 2.05) is 6.07 Å². The fourth-order valence-corrected chi connectivity index (χ4v) is 1.91. The molecule has 0 heterocycles. The Kier molecular flexibility index (Phi) is 4.58. The van der Waals surface area contributed by atoms with Crippen LogP contribution in [-0.2, 0) is 0 Å². The molecule has 2 aromatic carbocycles. The van der Waals surface area contributed by atoms with Gasteiger partial charge in [0, 0.05) is 22.6 Å². The van der Waals surface area contributed by atoms with Crippen LogP contribution in [0.5, 0.6) is 0 Å². The molecule has 0 aliphatic carbocycles. The Morgan fingerprint density at radius 2 is 1.45 bits per heavy atom. The number of amides is 2. The Labute approximate surface area is 128 Å². The molecule has 0 atom stereocenters. The SMILES string of the molecule is C=C(N)c1cccc(NC(=O)Nc2cccc(C(C)=O)c2)c1. The Morgan fingerprint density at radius 3 is 1.95 bits per heavy atom. The van der Waals surface area contributed by atoms with Crippen LogP contribution in [0.2, 0.25) is 0 Å². The average molecular weight is 295 g/mol. The number of benzene rings is 2. The summed E-state index contributed by atoms with van der Waals surface area (Å²) in [5.41, 5.74) is 8.49. The summed E-state index contributed by atoms with van der Waals surface area (Å²) in [6, 6.07) is 13.4. The van der Waals surface area contributed by atoms with Crippen molar-refractivity contribution in [3.8, 4) is 0 Å².